The Morgan fingerprint density at radius 1 is 1.16 bits per heavy atom. The van der Waals surface area contributed by atoms with E-state index in [1.807, 2.05) is 0 Å². The van der Waals surface area contributed by atoms with Crippen LogP contribution in [0, 0.1) is 5.82 Å². The van der Waals surface area contributed by atoms with E-state index in [2.05, 4.69) is 4.90 Å². The molecule has 0 spiro atoms. The largest absolute Gasteiger partial charge is 0.507 e. The Morgan fingerprint density at radius 2 is 1.84 bits per heavy atom. The number of morpholine rings is 1. The number of halogens is 1. The first-order chi connectivity index (χ1) is 12.1. The van der Waals surface area contributed by atoms with Crippen LogP contribution >= 0.6 is 0 Å². The summed E-state index contributed by atoms with van der Waals surface area (Å²) in [7, 11) is 3.10. The minimum Gasteiger partial charge on any atom is -0.507 e. The van der Waals surface area contributed by atoms with Crippen molar-refractivity contribution in [3.63, 3.8) is 0 Å². The molecule has 0 aromatic heterocycles. The molecule has 0 bridgehead atoms. The van der Waals surface area contributed by atoms with E-state index in [1.54, 1.807) is 31.4 Å². The molecular formula is C19H22FNO4. The number of nitrogens with zero attached hydrogens (tertiary/aromatic N) is 1. The summed E-state index contributed by atoms with van der Waals surface area (Å²) in [6.45, 7) is 2.56. The zero-order valence-corrected chi connectivity index (χ0v) is 14.4. The van der Waals surface area contributed by atoms with Crippen LogP contribution in [0.2, 0.25) is 0 Å². The number of phenols is 1. The summed E-state index contributed by atoms with van der Waals surface area (Å²) in [6, 6.07) is 9.73. The van der Waals surface area contributed by atoms with Gasteiger partial charge in [0.15, 0.2) is 11.5 Å². The molecule has 1 heterocycles. The van der Waals surface area contributed by atoms with Crippen molar-refractivity contribution < 1.29 is 23.7 Å². The number of ether oxygens (including phenoxy) is 3. The van der Waals surface area contributed by atoms with Crippen molar-refractivity contribution in [3.8, 4) is 17.2 Å². The average molecular weight is 347 g/mol. The van der Waals surface area contributed by atoms with Gasteiger partial charge in [0.05, 0.1) is 26.9 Å². The predicted octanol–water partition coefficient (Wildman–Crippen LogP) is 3.12. The van der Waals surface area contributed by atoms with Gasteiger partial charge in [-0.1, -0.05) is 12.1 Å². The van der Waals surface area contributed by atoms with Gasteiger partial charge in [0, 0.05) is 31.3 Å². The first kappa shape index (κ1) is 17.5. The van der Waals surface area contributed by atoms with Crippen LogP contribution in [0.4, 0.5) is 4.39 Å². The molecule has 1 N–H and O–H groups in total. The standard InChI is InChI=1S/C19H22FNO4/c1-23-17-9-14(16(22)10-18(17)24-2)11-21-7-8-25-19(12-21)13-3-5-15(20)6-4-13/h3-6,9-10,19,22H,7-8,11-12H2,1-2H3/t19-/m1/s1. The van der Waals surface area contributed by atoms with Gasteiger partial charge in [0.1, 0.15) is 11.6 Å². The maximum atomic E-state index is 13.1. The zero-order valence-electron chi connectivity index (χ0n) is 14.4. The van der Waals surface area contributed by atoms with Gasteiger partial charge in [-0.05, 0) is 23.8 Å². The average Bonchev–Trinajstić information content (AvgIpc) is 2.64. The third-order valence-corrected chi connectivity index (χ3v) is 4.37. The number of hydrogen-bond acceptors (Lipinski definition) is 5. The van der Waals surface area contributed by atoms with Gasteiger partial charge in [-0.2, -0.15) is 0 Å². The highest BCUT2D eigenvalue weighted by Gasteiger charge is 2.23. The lowest BCUT2D eigenvalue weighted by molar-refractivity contribution is -0.0331. The van der Waals surface area contributed by atoms with Crippen molar-refractivity contribution >= 4 is 0 Å². The van der Waals surface area contributed by atoms with Crippen molar-refractivity contribution in [2.24, 2.45) is 0 Å². The second-order valence-corrected chi connectivity index (χ2v) is 5.98. The van der Waals surface area contributed by atoms with Gasteiger partial charge >= 0.3 is 0 Å². The second kappa shape index (κ2) is 7.72. The van der Waals surface area contributed by atoms with Crippen LogP contribution < -0.4 is 9.47 Å². The Hall–Kier alpha value is -2.31. The number of methoxy groups -OCH3 is 2. The van der Waals surface area contributed by atoms with E-state index in [4.69, 9.17) is 14.2 Å². The van der Waals surface area contributed by atoms with Crippen molar-refractivity contribution in [1.29, 1.82) is 0 Å². The van der Waals surface area contributed by atoms with E-state index >= 15 is 0 Å². The van der Waals surface area contributed by atoms with E-state index in [0.717, 1.165) is 17.7 Å². The van der Waals surface area contributed by atoms with E-state index in [0.29, 0.717) is 31.2 Å². The quantitative estimate of drug-likeness (QED) is 0.901. The van der Waals surface area contributed by atoms with Crippen LogP contribution in [0.15, 0.2) is 36.4 Å². The summed E-state index contributed by atoms with van der Waals surface area (Å²) >= 11 is 0. The molecule has 0 aliphatic carbocycles. The summed E-state index contributed by atoms with van der Waals surface area (Å²) < 4.78 is 29.4. The lowest BCUT2D eigenvalue weighted by Crippen LogP contribution is -2.37. The molecule has 2 aromatic carbocycles. The number of benzene rings is 2. The van der Waals surface area contributed by atoms with Gasteiger partial charge in [0.2, 0.25) is 0 Å². The van der Waals surface area contributed by atoms with Crippen LogP contribution in [0.1, 0.15) is 17.2 Å². The normalized spacial score (nSPS) is 18.1. The Bertz CT molecular complexity index is 720. The van der Waals surface area contributed by atoms with Crippen LogP contribution in [-0.4, -0.2) is 43.9 Å². The third-order valence-electron chi connectivity index (χ3n) is 4.37. The van der Waals surface area contributed by atoms with Crippen LogP contribution in [-0.2, 0) is 11.3 Å². The second-order valence-electron chi connectivity index (χ2n) is 5.98. The molecule has 0 radical (unpaired) electrons. The van der Waals surface area contributed by atoms with Crippen molar-refractivity contribution in [1.82, 2.24) is 4.90 Å². The summed E-state index contributed by atoms with van der Waals surface area (Å²) in [6.07, 6.45) is -0.114. The highest BCUT2D eigenvalue weighted by Crippen LogP contribution is 2.35. The number of hydrogen-bond donors (Lipinski definition) is 1. The smallest absolute Gasteiger partial charge is 0.164 e. The third kappa shape index (κ3) is 4.03. The molecule has 134 valence electrons. The lowest BCUT2D eigenvalue weighted by Gasteiger charge is -2.33. The molecule has 2 aromatic rings. The monoisotopic (exact) mass is 347 g/mol. The molecule has 5 nitrogen and oxygen atoms in total. The predicted molar refractivity (Wildman–Crippen MR) is 91.6 cm³/mol. The van der Waals surface area contributed by atoms with Crippen molar-refractivity contribution in [2.45, 2.75) is 12.6 Å². The number of rotatable bonds is 5. The summed E-state index contributed by atoms with van der Waals surface area (Å²) in [5.74, 6) is 0.989. The molecular weight excluding hydrogens is 325 g/mol. The lowest BCUT2D eigenvalue weighted by atomic mass is 10.1. The molecule has 6 heteroatoms. The maximum absolute atomic E-state index is 13.1. The summed E-state index contributed by atoms with van der Waals surface area (Å²) in [4.78, 5) is 2.19. The van der Waals surface area contributed by atoms with Gasteiger partial charge in [0.25, 0.3) is 0 Å². The fraction of sp³-hybridized carbons (Fsp3) is 0.368. The van der Waals surface area contributed by atoms with Gasteiger partial charge in [-0.3, -0.25) is 4.90 Å². The highest BCUT2D eigenvalue weighted by molar-refractivity contribution is 5.50. The first-order valence-corrected chi connectivity index (χ1v) is 8.14. The van der Waals surface area contributed by atoms with Crippen molar-refractivity contribution in [3.05, 3.63) is 53.3 Å². The first-order valence-electron chi connectivity index (χ1n) is 8.14. The van der Waals surface area contributed by atoms with Gasteiger partial charge < -0.3 is 19.3 Å². The molecule has 25 heavy (non-hydrogen) atoms. The molecule has 1 aliphatic rings. The molecule has 1 fully saturated rings. The van der Waals surface area contributed by atoms with Crippen molar-refractivity contribution in [2.75, 3.05) is 33.9 Å². The highest BCUT2D eigenvalue weighted by atomic mass is 19.1. The number of aromatic hydroxyl groups is 1. The molecule has 1 atom stereocenters. The van der Waals surface area contributed by atoms with E-state index in [9.17, 15) is 9.50 Å². The molecule has 1 saturated heterocycles. The van der Waals surface area contributed by atoms with E-state index < -0.39 is 0 Å². The minimum atomic E-state index is -0.258. The van der Waals surface area contributed by atoms with Gasteiger partial charge in [-0.25, -0.2) is 4.39 Å². The maximum Gasteiger partial charge on any atom is 0.164 e. The topological polar surface area (TPSA) is 51.2 Å². The molecule has 0 amide bonds. The van der Waals surface area contributed by atoms with E-state index in [1.165, 1.54) is 19.2 Å². The number of phenolic OH excluding ortho intramolecular Hbond substituents is 1. The molecule has 3 rings (SSSR count). The van der Waals surface area contributed by atoms with E-state index in [-0.39, 0.29) is 17.7 Å². The molecule has 0 unspecified atom stereocenters. The summed E-state index contributed by atoms with van der Waals surface area (Å²) in [5.41, 5.74) is 1.71. The Labute approximate surface area is 146 Å². The van der Waals surface area contributed by atoms with Crippen LogP contribution in [0.5, 0.6) is 17.2 Å². The van der Waals surface area contributed by atoms with Crippen LogP contribution in [0.25, 0.3) is 0 Å². The molecule has 1 aliphatic heterocycles. The van der Waals surface area contributed by atoms with Gasteiger partial charge in [-0.15, -0.1) is 0 Å². The molecule has 0 saturated carbocycles. The minimum absolute atomic E-state index is 0.114. The Morgan fingerprint density at radius 3 is 2.52 bits per heavy atom. The summed E-state index contributed by atoms with van der Waals surface area (Å²) in [5, 5.41) is 10.3. The Kier molecular flexibility index (Phi) is 5.40. The SMILES string of the molecule is COc1cc(O)c(CN2CCO[C@@H](c3ccc(F)cc3)C2)cc1OC. The fourth-order valence-electron chi connectivity index (χ4n) is 3.00. The fourth-order valence-corrected chi connectivity index (χ4v) is 3.00. The van der Waals surface area contributed by atoms with Crippen LogP contribution in [0.3, 0.4) is 0 Å². The Balaban J connectivity index is 1.73. The zero-order chi connectivity index (χ0) is 17.8.